The van der Waals surface area contributed by atoms with Crippen molar-refractivity contribution in [1.82, 2.24) is 0 Å². The molecule has 148 valence electrons. The third-order valence-electron chi connectivity index (χ3n) is 2.88. The van der Waals surface area contributed by atoms with Gasteiger partial charge in [-0.3, -0.25) is 13.2 Å². The summed E-state index contributed by atoms with van der Waals surface area (Å²) in [6.07, 6.45) is -2.77. The van der Waals surface area contributed by atoms with Gasteiger partial charge in [0.15, 0.2) is 11.9 Å². The first-order chi connectivity index (χ1) is 11.3. The van der Waals surface area contributed by atoms with E-state index in [4.69, 9.17) is 8.92 Å². The van der Waals surface area contributed by atoms with E-state index in [0.29, 0.717) is 0 Å². The van der Waals surface area contributed by atoms with E-state index in [0.717, 1.165) is 0 Å². The van der Waals surface area contributed by atoms with Crippen LogP contribution < -0.4 is 0 Å². The van der Waals surface area contributed by atoms with Crippen LogP contribution in [0.2, 0.25) is 0 Å². The van der Waals surface area contributed by atoms with Gasteiger partial charge in [-0.15, -0.1) is 0 Å². The van der Waals surface area contributed by atoms with Gasteiger partial charge in [0.25, 0.3) is 20.2 Å². The molecule has 11 heteroatoms. The first-order valence-electron chi connectivity index (χ1n) is 7.78. The summed E-state index contributed by atoms with van der Waals surface area (Å²) in [7, 11) is -7.93. The van der Waals surface area contributed by atoms with Crippen molar-refractivity contribution in [2.24, 2.45) is 0 Å². The lowest BCUT2D eigenvalue weighted by Gasteiger charge is -2.14. The van der Waals surface area contributed by atoms with Gasteiger partial charge in [0.05, 0.1) is 17.6 Å². The minimum Gasteiger partial charge on any atom is -0.461 e. The van der Waals surface area contributed by atoms with E-state index in [1.807, 2.05) is 0 Å². The van der Waals surface area contributed by atoms with Gasteiger partial charge in [-0.25, -0.2) is 4.79 Å². The van der Waals surface area contributed by atoms with Crippen molar-refractivity contribution in [2.45, 2.75) is 65.8 Å². The molecule has 0 saturated carbocycles. The molecule has 0 aliphatic carbocycles. The monoisotopic (exact) mass is 402 g/mol. The van der Waals surface area contributed by atoms with E-state index in [1.54, 1.807) is 13.8 Å². The fourth-order valence-electron chi connectivity index (χ4n) is 1.53. The minimum atomic E-state index is -4.01. The van der Waals surface area contributed by atoms with Crippen LogP contribution in [0, 0.1) is 0 Å². The Hall–Kier alpha value is -1.04. The van der Waals surface area contributed by atoms with Gasteiger partial charge in [0.1, 0.15) is 6.10 Å². The number of hydrogen-bond acceptors (Lipinski definition) is 9. The predicted molar refractivity (Wildman–Crippen MR) is 89.8 cm³/mol. The van der Waals surface area contributed by atoms with Gasteiger partial charge in [0.2, 0.25) is 0 Å². The second-order valence-electron chi connectivity index (χ2n) is 5.80. The first kappa shape index (κ1) is 24.0. The number of carbonyl (C=O) groups is 2. The second-order valence-corrected chi connectivity index (χ2v) is 9.24. The predicted octanol–water partition coefficient (Wildman–Crippen LogP) is 0.777. The zero-order valence-corrected chi connectivity index (χ0v) is 16.7. The fourth-order valence-corrected chi connectivity index (χ4v) is 3.93. The number of carbonyl (C=O) groups excluding carboxylic acids is 2. The number of rotatable bonds is 12. The largest absolute Gasteiger partial charge is 0.461 e. The molecule has 0 aromatic heterocycles. The molecule has 0 spiro atoms. The topological polar surface area (TPSA) is 130 Å². The average Bonchev–Trinajstić information content (AvgIpc) is 2.41. The fraction of sp³-hybridized carbons (Fsp3) is 0.857. The van der Waals surface area contributed by atoms with Crippen LogP contribution in [0.5, 0.6) is 0 Å². The number of esters is 1. The highest BCUT2D eigenvalue weighted by molar-refractivity contribution is 7.87. The van der Waals surface area contributed by atoms with Gasteiger partial charge in [0, 0.05) is 0 Å². The summed E-state index contributed by atoms with van der Waals surface area (Å²) in [5.74, 6) is -2.11. The molecule has 0 aromatic rings. The lowest BCUT2D eigenvalue weighted by Crippen LogP contribution is -2.29. The molecule has 0 fully saturated rings. The smallest absolute Gasteiger partial charge is 0.336 e. The molecule has 25 heavy (non-hydrogen) atoms. The van der Waals surface area contributed by atoms with Crippen LogP contribution >= 0.6 is 0 Å². The summed E-state index contributed by atoms with van der Waals surface area (Å²) >= 11 is 0. The molecule has 0 heterocycles. The molecule has 0 aliphatic rings. The van der Waals surface area contributed by atoms with Crippen molar-refractivity contribution in [3.8, 4) is 0 Å². The summed E-state index contributed by atoms with van der Waals surface area (Å²) in [6.45, 7) is 7.01. The summed E-state index contributed by atoms with van der Waals surface area (Å²) in [6, 6.07) is 0. The Morgan fingerprint density at radius 2 is 1.20 bits per heavy atom. The first-order valence-corrected chi connectivity index (χ1v) is 10.9. The van der Waals surface area contributed by atoms with Crippen molar-refractivity contribution < 1.29 is 39.5 Å². The molecular weight excluding hydrogens is 376 g/mol. The normalized spacial score (nSPS) is 15.0. The Morgan fingerprint density at radius 1 is 0.800 bits per heavy atom. The van der Waals surface area contributed by atoms with E-state index in [2.05, 4.69) is 4.18 Å². The van der Waals surface area contributed by atoms with Crippen LogP contribution in [0.15, 0.2) is 0 Å². The molecule has 0 N–H and O–H groups in total. The maximum absolute atomic E-state index is 11.8. The molecule has 0 saturated heterocycles. The average molecular weight is 402 g/mol. The zero-order valence-electron chi connectivity index (χ0n) is 15.1. The molecule has 0 bridgehead atoms. The van der Waals surface area contributed by atoms with Crippen molar-refractivity contribution >= 4 is 32.0 Å². The van der Waals surface area contributed by atoms with Crippen LogP contribution in [-0.4, -0.2) is 58.4 Å². The van der Waals surface area contributed by atoms with Gasteiger partial charge in [-0.05, 0) is 47.5 Å². The van der Waals surface area contributed by atoms with Gasteiger partial charge >= 0.3 is 5.97 Å². The summed E-state index contributed by atoms with van der Waals surface area (Å²) < 4.78 is 61.0. The lowest BCUT2D eigenvalue weighted by molar-refractivity contribution is -0.154. The highest BCUT2D eigenvalue weighted by Crippen LogP contribution is 2.09. The molecule has 0 aromatic carbocycles. The Kier molecular flexibility index (Phi) is 9.77. The summed E-state index contributed by atoms with van der Waals surface area (Å²) in [4.78, 5) is 22.5. The maximum Gasteiger partial charge on any atom is 0.336 e. The van der Waals surface area contributed by atoms with E-state index in [1.165, 1.54) is 20.8 Å². The Bertz CT molecular complexity index is 650. The lowest BCUT2D eigenvalue weighted by atomic mass is 10.3. The van der Waals surface area contributed by atoms with Crippen molar-refractivity contribution in [2.75, 3.05) is 11.5 Å². The molecule has 9 nitrogen and oxygen atoms in total. The molecule has 2 unspecified atom stereocenters. The number of unbranched alkanes of at least 4 members (excludes halogenated alkanes) is 1. The van der Waals surface area contributed by atoms with Gasteiger partial charge in [-0.2, -0.15) is 16.8 Å². The standard InChI is InChI=1S/C14H26O9S2/c1-10(2)21-14(16)13(5)23-25(19,20)9-7-6-8-24(17,18)22-12(4)11(3)15/h10,12-13H,6-9H2,1-5H3. The number of Topliss-reactive ketones (excluding diaryl/α,β-unsaturated/α-hetero) is 1. The highest BCUT2D eigenvalue weighted by Gasteiger charge is 2.24. The summed E-state index contributed by atoms with van der Waals surface area (Å²) in [5.41, 5.74) is 0. The van der Waals surface area contributed by atoms with Crippen LogP contribution in [0.4, 0.5) is 0 Å². The van der Waals surface area contributed by atoms with Crippen LogP contribution in [0.3, 0.4) is 0 Å². The molecule has 0 amide bonds. The minimum absolute atomic E-state index is 0.000367. The number of ether oxygens (including phenoxy) is 1. The van der Waals surface area contributed by atoms with E-state index in [-0.39, 0.29) is 12.8 Å². The van der Waals surface area contributed by atoms with Crippen molar-refractivity contribution in [3.63, 3.8) is 0 Å². The molecule has 2 atom stereocenters. The molecule has 0 aliphatic heterocycles. The zero-order chi connectivity index (χ0) is 19.8. The molecular formula is C14H26O9S2. The van der Waals surface area contributed by atoms with Crippen LogP contribution in [-0.2, 0) is 42.9 Å². The third-order valence-corrected chi connectivity index (χ3v) is 5.62. The van der Waals surface area contributed by atoms with Gasteiger partial charge in [-0.1, -0.05) is 0 Å². The van der Waals surface area contributed by atoms with Gasteiger partial charge < -0.3 is 4.74 Å². The van der Waals surface area contributed by atoms with Crippen LogP contribution in [0.25, 0.3) is 0 Å². The quantitative estimate of drug-likeness (QED) is 0.264. The van der Waals surface area contributed by atoms with E-state index < -0.39 is 61.8 Å². The summed E-state index contributed by atoms with van der Waals surface area (Å²) in [5, 5.41) is 0. The Labute approximate surface area is 149 Å². The molecule has 0 radical (unpaired) electrons. The Morgan fingerprint density at radius 3 is 1.56 bits per heavy atom. The second kappa shape index (κ2) is 10.2. The molecule has 0 rings (SSSR count). The number of hydrogen-bond donors (Lipinski definition) is 0. The number of ketones is 1. The van der Waals surface area contributed by atoms with E-state index >= 15 is 0 Å². The SMILES string of the molecule is CC(=O)C(C)OS(=O)(=O)CCCCS(=O)(=O)OC(C)C(=O)OC(C)C. The van der Waals surface area contributed by atoms with E-state index in [9.17, 15) is 26.4 Å². The highest BCUT2D eigenvalue weighted by atomic mass is 32.2. The third kappa shape index (κ3) is 11.2. The Balaban J connectivity index is 4.35. The van der Waals surface area contributed by atoms with Crippen LogP contribution in [0.1, 0.15) is 47.5 Å². The maximum atomic E-state index is 11.8. The van der Waals surface area contributed by atoms with Crippen molar-refractivity contribution in [3.05, 3.63) is 0 Å². The van der Waals surface area contributed by atoms with Crippen molar-refractivity contribution in [1.29, 1.82) is 0 Å².